The Morgan fingerprint density at radius 2 is 0.703 bits per heavy atom. The van der Waals surface area contributed by atoms with Crippen molar-refractivity contribution in [2.75, 3.05) is 0 Å². The molecule has 1 aliphatic rings. The van der Waals surface area contributed by atoms with E-state index in [0.717, 1.165) is 9.52 Å². The molecule has 0 atom stereocenters. The minimum absolute atomic E-state index is 0.144. The summed E-state index contributed by atoms with van der Waals surface area (Å²) in [6.07, 6.45) is 0. The molecule has 1 heterocycles. The number of hydrogen-bond acceptors (Lipinski definition) is 0. The Morgan fingerprint density at radius 1 is 0.365 bits per heavy atom. The molecule has 74 heavy (non-hydrogen) atoms. The zero-order valence-corrected chi connectivity index (χ0v) is 47.7. The second-order valence-corrected chi connectivity index (χ2v) is 26.0. The van der Waals surface area contributed by atoms with Gasteiger partial charge in [0, 0.05) is 0 Å². The van der Waals surface area contributed by atoms with E-state index in [9.17, 15) is 0 Å². The minimum Gasteiger partial charge on any atom is -0.184 e. The molecule has 0 aromatic heterocycles. The number of hydrogen-bond donors (Lipinski definition) is 0. The van der Waals surface area contributed by atoms with Gasteiger partial charge in [-0.15, -0.1) is 74.6 Å². The molecule has 12 aromatic carbocycles. The Kier molecular flexibility index (Phi) is 15.4. The summed E-state index contributed by atoms with van der Waals surface area (Å²) >= 11 is -0.826. The van der Waals surface area contributed by atoms with Crippen molar-refractivity contribution < 1.29 is 20.8 Å². The van der Waals surface area contributed by atoms with Crippen molar-refractivity contribution in [2.45, 2.75) is 52.4 Å². The van der Waals surface area contributed by atoms with Crippen LogP contribution in [-0.2, 0) is 31.7 Å². The maximum absolute atomic E-state index is 4.93. The van der Waals surface area contributed by atoms with Crippen LogP contribution in [-0.4, -0.2) is 9.52 Å². The Bertz CT molecular complexity index is 3650. The van der Waals surface area contributed by atoms with Gasteiger partial charge in [-0.05, 0) is 65.8 Å². The van der Waals surface area contributed by atoms with Gasteiger partial charge in [0.2, 0.25) is 0 Å². The van der Waals surface area contributed by atoms with Crippen LogP contribution >= 0.6 is 17.0 Å². The normalized spacial score (nSPS) is 11.7. The van der Waals surface area contributed by atoms with E-state index >= 15 is 0 Å². The Morgan fingerprint density at radius 3 is 1.15 bits per heavy atom. The predicted octanol–water partition coefficient (Wildman–Crippen LogP) is 19.2. The van der Waals surface area contributed by atoms with E-state index in [2.05, 4.69) is 278 Å². The smallest absolute Gasteiger partial charge is 0.0920 e. The van der Waals surface area contributed by atoms with Crippen LogP contribution in [0.5, 0.6) is 0 Å². The summed E-state index contributed by atoms with van der Waals surface area (Å²) in [5.41, 5.74) is 16.2. The molecule has 0 saturated heterocycles. The van der Waals surface area contributed by atoms with Crippen molar-refractivity contribution in [3.05, 3.63) is 254 Å². The molecule has 362 valence electrons. The third-order valence-electron chi connectivity index (χ3n) is 14.2. The van der Waals surface area contributed by atoms with Crippen LogP contribution in [0.25, 0.3) is 98.7 Å². The summed E-state index contributed by atoms with van der Waals surface area (Å²) in [5.74, 6) is 0. The minimum atomic E-state index is -0.826. The molecule has 4 heteroatoms. The van der Waals surface area contributed by atoms with Crippen molar-refractivity contribution in [1.82, 2.24) is 0 Å². The summed E-state index contributed by atoms with van der Waals surface area (Å²) in [6, 6.07) is 89.1. The molecule has 2 radical (unpaired) electrons. The van der Waals surface area contributed by atoms with Crippen LogP contribution in [0.1, 0.15) is 52.7 Å². The Labute approximate surface area is 458 Å². The van der Waals surface area contributed by atoms with E-state index in [-0.39, 0.29) is 10.8 Å². The van der Waals surface area contributed by atoms with Crippen LogP contribution in [0.2, 0.25) is 0 Å². The molecular formula is C70H57Cl2SiZr-3. The van der Waals surface area contributed by atoms with Gasteiger partial charge in [0.05, 0.1) is 9.52 Å². The fourth-order valence-electron chi connectivity index (χ4n) is 10.4. The van der Waals surface area contributed by atoms with Gasteiger partial charge < -0.3 is 0 Å². The third kappa shape index (κ3) is 10.8. The van der Waals surface area contributed by atoms with Gasteiger partial charge in [-0.25, -0.2) is 0 Å². The quantitative estimate of drug-likeness (QED) is 0.122. The zero-order valence-electron chi connectivity index (χ0n) is 42.8. The second-order valence-electron chi connectivity index (χ2n) is 21.0. The molecule has 0 fully saturated rings. The van der Waals surface area contributed by atoms with E-state index < -0.39 is 20.8 Å². The van der Waals surface area contributed by atoms with E-state index in [1.165, 1.54) is 120 Å². The SMILES string of the molecule is CC(C)(C)c1cc2c(-c3ccccc3-c3cccc4ccccc34)cccc2[cH-]1.CC(C)(C)c1cc2c(-c3ccccc3-c3cccc4ccccc34)cccc2[cH-]1.[Cl][Zr][Cl].[c-]1cccc2c1[Si]c1ccccc1-2. The monoisotopic (exact) mass is 1090 g/mol. The van der Waals surface area contributed by atoms with Crippen LogP contribution in [0.4, 0.5) is 0 Å². The summed E-state index contributed by atoms with van der Waals surface area (Å²) in [6.45, 7) is 13.7. The van der Waals surface area contributed by atoms with Crippen LogP contribution in [0.15, 0.2) is 237 Å². The predicted molar refractivity (Wildman–Crippen MR) is 321 cm³/mol. The van der Waals surface area contributed by atoms with E-state index in [1.54, 1.807) is 0 Å². The second kappa shape index (κ2) is 22.2. The van der Waals surface area contributed by atoms with Gasteiger partial charge in [0.25, 0.3) is 0 Å². The topological polar surface area (TPSA) is 0 Å². The molecule has 0 unspecified atom stereocenters. The van der Waals surface area contributed by atoms with Gasteiger partial charge in [-0.3, -0.25) is 0 Å². The first-order valence-electron chi connectivity index (χ1n) is 25.3. The molecule has 0 saturated carbocycles. The van der Waals surface area contributed by atoms with Gasteiger partial charge in [0.1, 0.15) is 0 Å². The number of fused-ring (bicyclic) bond motifs is 7. The first-order valence-corrected chi connectivity index (χ1v) is 32.6. The van der Waals surface area contributed by atoms with Crippen molar-refractivity contribution >= 4 is 80.0 Å². The van der Waals surface area contributed by atoms with E-state index in [1.807, 2.05) is 6.07 Å². The fraction of sp³-hybridized carbons (Fsp3) is 0.114. The molecular weight excluding hydrogens is 1030 g/mol. The molecule has 1 aliphatic heterocycles. The van der Waals surface area contributed by atoms with Crippen molar-refractivity contribution in [2.24, 2.45) is 0 Å². The van der Waals surface area contributed by atoms with E-state index in [0.29, 0.717) is 0 Å². The Balaban J connectivity index is 0.000000131. The summed E-state index contributed by atoms with van der Waals surface area (Å²) in [4.78, 5) is 0. The molecule has 0 nitrogen and oxygen atoms in total. The fourth-order valence-corrected chi connectivity index (χ4v) is 11.7. The molecule has 0 amide bonds. The zero-order chi connectivity index (χ0) is 51.4. The standard InChI is InChI=1S/2C29H25.C12H7Si.2ClH.Zr/c2*1-29(2,3)22-18-21-12-9-17-27(28(21)19-22)26-15-7-6-14-25(26)24-16-8-11-20-10-4-5-13-23(20)24;1-3-7-11-9(5-1)10-6-2-4-8-12(10)13-11;;;/h2*4-19H,1-3H3;1-7H;2*1H;/q3*-1;;;+2/p-2. The maximum atomic E-state index is 4.93. The number of rotatable bonds is 4. The Hall–Kier alpha value is -6.38. The number of benzene rings is 10. The molecule has 0 N–H and O–H groups in total. The maximum Gasteiger partial charge on any atom is 0.0920 e. The number of halogens is 2. The van der Waals surface area contributed by atoms with Gasteiger partial charge in [-0.1, -0.05) is 233 Å². The van der Waals surface area contributed by atoms with Crippen LogP contribution in [0.3, 0.4) is 0 Å². The van der Waals surface area contributed by atoms with Crippen molar-refractivity contribution in [1.29, 1.82) is 0 Å². The van der Waals surface area contributed by atoms with Gasteiger partial charge in [-0.2, -0.15) is 41.6 Å². The third-order valence-corrected chi connectivity index (χ3v) is 15.5. The first kappa shape index (κ1) is 51.1. The average Bonchev–Trinajstić information content (AvgIpc) is 4.18. The molecule has 0 aliphatic carbocycles. The van der Waals surface area contributed by atoms with Gasteiger partial charge in [0.15, 0.2) is 0 Å². The first-order chi connectivity index (χ1) is 35.9. The molecule has 0 bridgehead atoms. The summed E-state index contributed by atoms with van der Waals surface area (Å²) < 4.78 is 0. The summed E-state index contributed by atoms with van der Waals surface area (Å²) in [7, 11) is 10.7. The van der Waals surface area contributed by atoms with Crippen LogP contribution < -0.4 is 10.4 Å². The van der Waals surface area contributed by atoms with Crippen LogP contribution in [0, 0.1) is 6.07 Å². The summed E-state index contributed by atoms with van der Waals surface area (Å²) in [5, 5.41) is 13.3. The average molecular weight is 1090 g/mol. The molecule has 12 aromatic rings. The van der Waals surface area contributed by atoms with Crippen molar-refractivity contribution in [3.8, 4) is 55.6 Å². The molecule has 13 rings (SSSR count). The largest absolute Gasteiger partial charge is 0.184 e. The molecule has 0 spiro atoms. The van der Waals surface area contributed by atoms with Gasteiger partial charge >= 0.3 is 37.9 Å². The van der Waals surface area contributed by atoms with E-state index in [4.69, 9.17) is 17.0 Å². The van der Waals surface area contributed by atoms with Crippen molar-refractivity contribution in [3.63, 3.8) is 0 Å².